The van der Waals surface area contributed by atoms with Crippen LogP contribution in [-0.4, -0.2) is 30.7 Å². The van der Waals surface area contributed by atoms with E-state index in [2.05, 4.69) is 20.3 Å². The summed E-state index contributed by atoms with van der Waals surface area (Å²) in [7, 11) is 0. The predicted octanol–water partition coefficient (Wildman–Crippen LogP) is 1.71. The predicted molar refractivity (Wildman–Crippen MR) is 81.0 cm³/mol. The van der Waals surface area contributed by atoms with Crippen LogP contribution in [0.3, 0.4) is 0 Å². The zero-order chi connectivity index (χ0) is 16.4. The maximum atomic E-state index is 13.8. The minimum absolute atomic E-state index is 0.122. The Morgan fingerprint density at radius 1 is 1.35 bits per heavy atom. The van der Waals surface area contributed by atoms with Crippen LogP contribution in [0, 0.1) is 5.82 Å². The van der Waals surface area contributed by atoms with Crippen molar-refractivity contribution in [2.24, 2.45) is 0 Å². The van der Waals surface area contributed by atoms with Crippen LogP contribution in [0.15, 0.2) is 36.5 Å². The Hall–Kier alpha value is -3.16. The molecule has 2 aromatic heterocycles. The molecule has 2 heterocycles. The fourth-order valence-corrected chi connectivity index (χ4v) is 2.14. The molecule has 2 N–H and O–H groups in total. The molecule has 0 atom stereocenters. The lowest BCUT2D eigenvalue weighted by Gasteiger charge is -2.06. The van der Waals surface area contributed by atoms with E-state index in [1.54, 1.807) is 24.3 Å². The van der Waals surface area contributed by atoms with Crippen molar-refractivity contribution in [3.8, 4) is 11.5 Å². The topological polar surface area (TPSA) is 99.6 Å². The second kappa shape index (κ2) is 5.91. The summed E-state index contributed by atoms with van der Waals surface area (Å²) >= 11 is 0. The van der Waals surface area contributed by atoms with Gasteiger partial charge in [-0.05, 0) is 12.1 Å². The van der Waals surface area contributed by atoms with Gasteiger partial charge in [0.2, 0.25) is 5.82 Å². The van der Waals surface area contributed by atoms with Crippen molar-refractivity contribution in [1.82, 2.24) is 25.0 Å². The molecule has 0 bridgehead atoms. The SMILES string of the molecule is CC(=O)c1cc(-c2nncc(N)n2)nn1Cc1ccccc1F. The molecule has 1 aromatic carbocycles. The first-order valence-corrected chi connectivity index (χ1v) is 6.82. The molecule has 0 unspecified atom stereocenters. The van der Waals surface area contributed by atoms with Crippen molar-refractivity contribution in [3.05, 3.63) is 53.6 Å². The molecule has 23 heavy (non-hydrogen) atoms. The monoisotopic (exact) mass is 312 g/mol. The van der Waals surface area contributed by atoms with Crippen LogP contribution in [0.4, 0.5) is 10.2 Å². The molecule has 3 aromatic rings. The van der Waals surface area contributed by atoms with Gasteiger partial charge in [0.25, 0.3) is 0 Å². The van der Waals surface area contributed by atoms with E-state index in [0.29, 0.717) is 17.0 Å². The highest BCUT2D eigenvalue weighted by Crippen LogP contribution is 2.18. The Bertz CT molecular complexity index is 876. The minimum atomic E-state index is -0.360. The molecule has 3 rings (SSSR count). The molecule has 116 valence electrons. The maximum absolute atomic E-state index is 13.8. The van der Waals surface area contributed by atoms with Crippen molar-refractivity contribution in [2.75, 3.05) is 5.73 Å². The average Bonchev–Trinajstić information content (AvgIpc) is 2.94. The summed E-state index contributed by atoms with van der Waals surface area (Å²) in [6.45, 7) is 1.54. The van der Waals surface area contributed by atoms with Gasteiger partial charge >= 0.3 is 0 Å². The summed E-state index contributed by atoms with van der Waals surface area (Å²) in [6.07, 6.45) is 1.31. The van der Waals surface area contributed by atoms with Crippen molar-refractivity contribution in [3.63, 3.8) is 0 Å². The third-order valence-electron chi connectivity index (χ3n) is 3.23. The lowest BCUT2D eigenvalue weighted by molar-refractivity contribution is 0.100. The molecular weight excluding hydrogens is 299 g/mol. The highest BCUT2D eigenvalue weighted by atomic mass is 19.1. The summed E-state index contributed by atoms with van der Waals surface area (Å²) < 4.78 is 15.2. The summed E-state index contributed by atoms with van der Waals surface area (Å²) in [5.41, 5.74) is 6.69. The van der Waals surface area contributed by atoms with Crippen molar-refractivity contribution in [2.45, 2.75) is 13.5 Å². The van der Waals surface area contributed by atoms with Crippen molar-refractivity contribution in [1.29, 1.82) is 0 Å². The largest absolute Gasteiger partial charge is 0.382 e. The number of carbonyl (C=O) groups excluding carboxylic acids is 1. The number of nitrogens with two attached hydrogens (primary N) is 1. The highest BCUT2D eigenvalue weighted by Gasteiger charge is 2.16. The van der Waals surface area contributed by atoms with E-state index in [0.717, 1.165) is 0 Å². The lowest BCUT2D eigenvalue weighted by atomic mass is 10.2. The Morgan fingerprint density at radius 3 is 2.83 bits per heavy atom. The van der Waals surface area contributed by atoms with Crippen LogP contribution >= 0.6 is 0 Å². The van der Waals surface area contributed by atoms with Gasteiger partial charge in [-0.2, -0.15) is 10.2 Å². The molecule has 0 aliphatic rings. The molecule has 0 spiro atoms. The van der Waals surface area contributed by atoms with Gasteiger partial charge in [-0.1, -0.05) is 18.2 Å². The molecule has 0 saturated heterocycles. The Kier molecular flexibility index (Phi) is 3.80. The standard InChI is InChI=1S/C15H13FN6O/c1-9(23)13-6-12(15-19-14(17)7-18-20-15)21-22(13)8-10-4-2-3-5-11(10)16/h2-7H,8H2,1H3,(H2,17,19,20). The van der Waals surface area contributed by atoms with Crippen LogP contribution < -0.4 is 5.73 Å². The number of nitrogen functional groups attached to an aromatic ring is 1. The average molecular weight is 312 g/mol. The summed E-state index contributed by atoms with van der Waals surface area (Å²) in [6, 6.07) is 7.86. The van der Waals surface area contributed by atoms with E-state index >= 15 is 0 Å². The quantitative estimate of drug-likeness (QED) is 0.736. The number of nitrogens with zero attached hydrogens (tertiary/aromatic N) is 5. The second-order valence-electron chi connectivity index (χ2n) is 4.92. The van der Waals surface area contributed by atoms with E-state index in [4.69, 9.17) is 5.73 Å². The zero-order valence-electron chi connectivity index (χ0n) is 12.3. The van der Waals surface area contributed by atoms with Gasteiger partial charge in [0.05, 0.1) is 12.7 Å². The number of halogens is 1. The highest BCUT2D eigenvalue weighted by molar-refractivity contribution is 5.93. The first kappa shape index (κ1) is 14.8. The van der Waals surface area contributed by atoms with E-state index < -0.39 is 0 Å². The zero-order valence-corrected chi connectivity index (χ0v) is 12.3. The number of Topliss-reactive ketones (excluding diaryl/α,β-unsaturated/α-hetero) is 1. The number of ketones is 1. The van der Waals surface area contributed by atoms with Gasteiger partial charge in [-0.15, -0.1) is 5.10 Å². The maximum Gasteiger partial charge on any atom is 0.204 e. The van der Waals surface area contributed by atoms with E-state index in [9.17, 15) is 9.18 Å². The smallest absolute Gasteiger partial charge is 0.204 e. The number of anilines is 1. The number of rotatable bonds is 4. The number of benzene rings is 1. The van der Waals surface area contributed by atoms with Gasteiger partial charge in [0, 0.05) is 12.5 Å². The first-order valence-electron chi connectivity index (χ1n) is 6.82. The lowest BCUT2D eigenvalue weighted by Crippen LogP contribution is -2.10. The Labute approximate surface area is 131 Å². The van der Waals surface area contributed by atoms with Crippen LogP contribution in [-0.2, 0) is 6.54 Å². The van der Waals surface area contributed by atoms with Gasteiger partial charge in [0.15, 0.2) is 5.78 Å². The molecule has 7 nitrogen and oxygen atoms in total. The molecule has 0 saturated carbocycles. The molecule has 0 amide bonds. The molecule has 0 radical (unpaired) electrons. The third kappa shape index (κ3) is 3.05. The van der Waals surface area contributed by atoms with Gasteiger partial charge in [-0.3, -0.25) is 9.48 Å². The van der Waals surface area contributed by atoms with Crippen molar-refractivity contribution < 1.29 is 9.18 Å². The summed E-state index contributed by atoms with van der Waals surface area (Å²) in [5, 5.41) is 11.8. The Morgan fingerprint density at radius 2 is 2.13 bits per heavy atom. The third-order valence-corrected chi connectivity index (χ3v) is 3.23. The van der Waals surface area contributed by atoms with Crippen molar-refractivity contribution >= 4 is 11.6 Å². The second-order valence-corrected chi connectivity index (χ2v) is 4.92. The van der Waals surface area contributed by atoms with E-state index in [1.165, 1.54) is 23.9 Å². The van der Waals surface area contributed by atoms with Crippen LogP contribution in [0.1, 0.15) is 23.0 Å². The first-order chi connectivity index (χ1) is 11.0. The van der Waals surface area contributed by atoms with Crippen LogP contribution in [0.25, 0.3) is 11.5 Å². The number of carbonyl (C=O) groups is 1. The van der Waals surface area contributed by atoms with E-state index in [-0.39, 0.29) is 29.8 Å². The fourth-order valence-electron chi connectivity index (χ4n) is 2.14. The molecule has 0 aliphatic heterocycles. The van der Waals surface area contributed by atoms with Gasteiger partial charge < -0.3 is 5.73 Å². The summed E-state index contributed by atoms with van der Waals surface area (Å²) in [5.74, 6) is -0.152. The fraction of sp³-hybridized carbons (Fsp3) is 0.133. The number of aromatic nitrogens is 5. The van der Waals surface area contributed by atoms with Gasteiger partial charge in [0.1, 0.15) is 23.0 Å². The van der Waals surface area contributed by atoms with Gasteiger partial charge in [-0.25, -0.2) is 9.37 Å². The molecular formula is C15H13FN6O. The molecule has 0 aliphatic carbocycles. The van der Waals surface area contributed by atoms with E-state index in [1.807, 2.05) is 0 Å². The number of hydrogen-bond donors (Lipinski definition) is 1. The Balaban J connectivity index is 2.03. The van der Waals surface area contributed by atoms with Crippen LogP contribution in [0.5, 0.6) is 0 Å². The summed E-state index contributed by atoms with van der Waals surface area (Å²) in [4.78, 5) is 15.8. The normalized spacial score (nSPS) is 10.7. The number of hydrogen-bond acceptors (Lipinski definition) is 6. The van der Waals surface area contributed by atoms with Crippen LogP contribution in [0.2, 0.25) is 0 Å². The molecule has 0 fully saturated rings. The minimum Gasteiger partial charge on any atom is -0.382 e. The molecule has 8 heteroatoms.